The molecule has 100 valence electrons. The number of phenolic OH excluding ortho intramolecular Hbond substituents is 1. The van der Waals surface area contributed by atoms with Crippen LogP contribution in [0.5, 0.6) is 5.75 Å². The number of nitrogen functional groups attached to an aromatic ring is 1. The lowest BCUT2D eigenvalue weighted by Gasteiger charge is -2.06. The molecule has 9 heteroatoms. The highest BCUT2D eigenvalue weighted by Crippen LogP contribution is 2.27. The number of anilines is 2. The molecule has 0 unspecified atom stereocenters. The molecule has 1 amide bonds. The van der Waals surface area contributed by atoms with E-state index in [1.165, 1.54) is 35.2 Å². The minimum atomic E-state index is -0.267. The Labute approximate surface area is 122 Å². The van der Waals surface area contributed by atoms with E-state index in [4.69, 9.17) is 17.3 Å². The molecule has 1 aromatic carbocycles. The fraction of sp³-hybridized carbons (Fsp3) is 0.100. The van der Waals surface area contributed by atoms with Crippen LogP contribution in [0.4, 0.5) is 10.8 Å². The number of phenols is 1. The zero-order valence-corrected chi connectivity index (χ0v) is 11.8. The van der Waals surface area contributed by atoms with Gasteiger partial charge in [0.25, 0.3) is 0 Å². The molecule has 0 atom stereocenters. The SMILES string of the molecule is Nc1nnc(SCC(=O)Nc2ccc(Cl)cc2O)s1. The van der Waals surface area contributed by atoms with Crippen molar-refractivity contribution >= 4 is 51.4 Å². The van der Waals surface area contributed by atoms with Crippen LogP contribution in [0.1, 0.15) is 0 Å². The van der Waals surface area contributed by atoms with E-state index in [0.717, 1.165) is 0 Å². The number of hydrogen-bond acceptors (Lipinski definition) is 7. The Balaban J connectivity index is 1.90. The van der Waals surface area contributed by atoms with Crippen molar-refractivity contribution < 1.29 is 9.90 Å². The van der Waals surface area contributed by atoms with Gasteiger partial charge in [-0.2, -0.15) is 0 Å². The number of thioether (sulfide) groups is 1. The van der Waals surface area contributed by atoms with Crippen molar-refractivity contribution in [2.45, 2.75) is 4.34 Å². The first-order valence-corrected chi connectivity index (χ1v) is 7.23. The molecule has 0 aliphatic heterocycles. The third kappa shape index (κ3) is 3.98. The summed E-state index contributed by atoms with van der Waals surface area (Å²) in [5, 5.41) is 20.3. The van der Waals surface area contributed by atoms with Gasteiger partial charge >= 0.3 is 0 Å². The number of aromatic hydroxyl groups is 1. The third-order valence-electron chi connectivity index (χ3n) is 1.98. The monoisotopic (exact) mass is 316 g/mol. The molecule has 0 aliphatic rings. The predicted molar refractivity (Wildman–Crippen MR) is 76.8 cm³/mol. The van der Waals surface area contributed by atoms with Crippen molar-refractivity contribution in [1.29, 1.82) is 0 Å². The lowest BCUT2D eigenvalue weighted by atomic mass is 10.3. The van der Waals surface area contributed by atoms with Crippen molar-refractivity contribution in [3.05, 3.63) is 23.2 Å². The fourth-order valence-corrected chi connectivity index (χ4v) is 2.81. The first-order chi connectivity index (χ1) is 9.04. The minimum absolute atomic E-state index is 0.0778. The highest BCUT2D eigenvalue weighted by Gasteiger charge is 2.09. The van der Waals surface area contributed by atoms with Gasteiger partial charge in [-0.15, -0.1) is 10.2 Å². The quantitative estimate of drug-likeness (QED) is 0.590. The molecule has 0 saturated heterocycles. The summed E-state index contributed by atoms with van der Waals surface area (Å²) in [6, 6.07) is 4.47. The standard InChI is InChI=1S/C10H9ClN4O2S2/c11-5-1-2-6(7(16)3-5)13-8(17)4-18-10-15-14-9(12)19-10/h1-3,16H,4H2,(H2,12,14)(H,13,17). The van der Waals surface area contributed by atoms with Gasteiger partial charge in [0.1, 0.15) is 5.75 Å². The summed E-state index contributed by atoms with van der Waals surface area (Å²) in [5.74, 6) is -0.195. The molecule has 6 nitrogen and oxygen atoms in total. The second-order valence-corrected chi connectivity index (χ2v) is 6.07. The molecule has 0 bridgehead atoms. The third-order valence-corrected chi connectivity index (χ3v) is 4.10. The Morgan fingerprint density at radius 1 is 1.53 bits per heavy atom. The number of nitrogens with zero attached hydrogens (tertiary/aromatic N) is 2. The smallest absolute Gasteiger partial charge is 0.234 e. The van der Waals surface area contributed by atoms with E-state index in [-0.39, 0.29) is 17.4 Å². The fourth-order valence-electron chi connectivity index (χ4n) is 1.20. The summed E-state index contributed by atoms with van der Waals surface area (Å²) < 4.78 is 0.618. The minimum Gasteiger partial charge on any atom is -0.506 e. The number of hydrogen-bond donors (Lipinski definition) is 3. The molecule has 1 heterocycles. The van der Waals surface area contributed by atoms with Crippen LogP contribution in [0.2, 0.25) is 5.02 Å². The molecule has 4 N–H and O–H groups in total. The summed E-state index contributed by atoms with van der Waals surface area (Å²) in [6.45, 7) is 0. The average molecular weight is 317 g/mol. The van der Waals surface area contributed by atoms with Crippen molar-refractivity contribution in [3.63, 3.8) is 0 Å². The number of benzene rings is 1. The van der Waals surface area contributed by atoms with E-state index < -0.39 is 0 Å². The Hall–Kier alpha value is -1.51. The molecule has 2 rings (SSSR count). The molecule has 19 heavy (non-hydrogen) atoms. The summed E-state index contributed by atoms with van der Waals surface area (Å²) >= 11 is 8.13. The highest BCUT2D eigenvalue weighted by molar-refractivity contribution is 8.01. The van der Waals surface area contributed by atoms with Gasteiger partial charge in [-0.05, 0) is 12.1 Å². The van der Waals surface area contributed by atoms with Crippen molar-refractivity contribution in [1.82, 2.24) is 10.2 Å². The molecule has 1 aromatic heterocycles. The Kier molecular flexibility index (Phi) is 4.46. The Morgan fingerprint density at radius 2 is 2.32 bits per heavy atom. The summed E-state index contributed by atoms with van der Waals surface area (Å²) in [7, 11) is 0. The van der Waals surface area contributed by atoms with Gasteiger partial charge in [-0.1, -0.05) is 34.7 Å². The number of nitrogens with two attached hydrogens (primary N) is 1. The van der Waals surface area contributed by atoms with Gasteiger partial charge in [0.05, 0.1) is 11.4 Å². The molecule has 0 fully saturated rings. The van der Waals surface area contributed by atoms with Crippen LogP contribution in [0.15, 0.2) is 22.5 Å². The van der Waals surface area contributed by atoms with Crippen molar-refractivity contribution in [2.24, 2.45) is 0 Å². The van der Waals surface area contributed by atoms with E-state index in [1.54, 1.807) is 6.07 Å². The van der Waals surface area contributed by atoms with Crippen LogP contribution in [0.25, 0.3) is 0 Å². The molecule has 0 aliphatic carbocycles. The maximum atomic E-state index is 11.7. The van der Waals surface area contributed by atoms with Crippen LogP contribution < -0.4 is 11.1 Å². The first kappa shape index (κ1) is 13.9. The predicted octanol–water partition coefficient (Wildman–Crippen LogP) is 2.21. The summed E-state index contributed by atoms with van der Waals surface area (Å²) in [6.07, 6.45) is 0. The number of carbonyl (C=O) groups is 1. The van der Waals surface area contributed by atoms with Gasteiger partial charge in [0.15, 0.2) is 4.34 Å². The number of amides is 1. The molecule has 0 radical (unpaired) electrons. The van der Waals surface area contributed by atoms with Gasteiger partial charge in [-0.25, -0.2) is 0 Å². The van der Waals surface area contributed by atoms with Gasteiger partial charge in [-0.3, -0.25) is 4.79 Å². The van der Waals surface area contributed by atoms with Crippen LogP contribution in [0, 0.1) is 0 Å². The topological polar surface area (TPSA) is 101 Å². The van der Waals surface area contributed by atoms with E-state index in [9.17, 15) is 9.90 Å². The largest absolute Gasteiger partial charge is 0.506 e. The summed E-state index contributed by atoms with van der Waals surface area (Å²) in [5.41, 5.74) is 5.74. The number of nitrogens with one attached hydrogen (secondary N) is 1. The van der Waals surface area contributed by atoms with Crippen LogP contribution >= 0.6 is 34.7 Å². The van der Waals surface area contributed by atoms with Crippen molar-refractivity contribution in [2.75, 3.05) is 16.8 Å². The highest BCUT2D eigenvalue weighted by atomic mass is 35.5. The maximum absolute atomic E-state index is 11.7. The second kappa shape index (κ2) is 6.09. The average Bonchev–Trinajstić information content (AvgIpc) is 2.76. The van der Waals surface area contributed by atoms with Gasteiger partial charge in [0.2, 0.25) is 11.0 Å². The number of halogens is 1. The number of carbonyl (C=O) groups excluding carboxylic acids is 1. The van der Waals surface area contributed by atoms with Crippen LogP contribution in [-0.4, -0.2) is 27.0 Å². The first-order valence-electron chi connectivity index (χ1n) is 5.05. The van der Waals surface area contributed by atoms with E-state index in [1.807, 2.05) is 0 Å². The van der Waals surface area contributed by atoms with Crippen molar-refractivity contribution in [3.8, 4) is 5.75 Å². The zero-order chi connectivity index (χ0) is 13.8. The molecule has 2 aromatic rings. The molecule has 0 saturated carbocycles. The van der Waals surface area contributed by atoms with Crippen LogP contribution in [0.3, 0.4) is 0 Å². The van der Waals surface area contributed by atoms with E-state index in [2.05, 4.69) is 15.5 Å². The lowest BCUT2D eigenvalue weighted by molar-refractivity contribution is -0.113. The van der Waals surface area contributed by atoms with E-state index >= 15 is 0 Å². The van der Waals surface area contributed by atoms with Crippen LogP contribution in [-0.2, 0) is 4.79 Å². The van der Waals surface area contributed by atoms with E-state index in [0.29, 0.717) is 20.2 Å². The Bertz CT molecular complexity index is 605. The summed E-state index contributed by atoms with van der Waals surface area (Å²) in [4.78, 5) is 11.7. The number of rotatable bonds is 4. The maximum Gasteiger partial charge on any atom is 0.234 e. The molecular formula is C10H9ClN4O2S2. The second-order valence-electron chi connectivity index (χ2n) is 3.40. The zero-order valence-electron chi connectivity index (χ0n) is 9.46. The molecular weight excluding hydrogens is 308 g/mol. The normalized spacial score (nSPS) is 10.4. The van der Waals surface area contributed by atoms with Gasteiger partial charge < -0.3 is 16.2 Å². The lowest BCUT2D eigenvalue weighted by Crippen LogP contribution is -2.14. The Morgan fingerprint density at radius 3 is 2.95 bits per heavy atom. The molecule has 0 spiro atoms. The van der Waals surface area contributed by atoms with Gasteiger partial charge in [0, 0.05) is 11.1 Å². The number of aromatic nitrogens is 2.